The molecule has 0 saturated heterocycles. The molecule has 0 radical (unpaired) electrons. The van der Waals surface area contributed by atoms with Crippen LogP contribution in [0.15, 0.2) is 49.1 Å². The van der Waals surface area contributed by atoms with E-state index >= 15 is 0 Å². The van der Waals surface area contributed by atoms with Crippen LogP contribution in [0.1, 0.15) is 12.8 Å². The number of hydrogen-bond acceptors (Lipinski definition) is 5. The summed E-state index contributed by atoms with van der Waals surface area (Å²) in [5.41, 5.74) is 2.58. The largest absolute Gasteiger partial charge is 0.346 e. The van der Waals surface area contributed by atoms with Gasteiger partial charge in [-0.25, -0.2) is 18.5 Å². The first-order valence-electron chi connectivity index (χ1n) is 9.65. The lowest BCUT2D eigenvalue weighted by atomic mass is 10.1. The topological polar surface area (TPSA) is 129 Å². The molecule has 0 spiro atoms. The second-order valence-electron chi connectivity index (χ2n) is 7.33. The second kappa shape index (κ2) is 7.60. The molecule has 3 N–H and O–H groups in total. The molecular weight excluding hydrogens is 418 g/mol. The summed E-state index contributed by atoms with van der Waals surface area (Å²) in [6.07, 6.45) is 6.63. The van der Waals surface area contributed by atoms with Gasteiger partial charge in [-0.3, -0.25) is 14.7 Å². The van der Waals surface area contributed by atoms with Crippen molar-refractivity contribution in [1.29, 1.82) is 0 Å². The predicted octanol–water partition coefficient (Wildman–Crippen LogP) is 2.98. The molecule has 10 nitrogen and oxygen atoms in total. The maximum absolute atomic E-state index is 12.2. The number of benzene rings is 1. The molecule has 31 heavy (non-hydrogen) atoms. The number of nitrogens with one attached hydrogen (secondary N) is 2. The first-order chi connectivity index (χ1) is 15.0. The van der Waals surface area contributed by atoms with Gasteiger partial charge in [0.2, 0.25) is 11.9 Å². The van der Waals surface area contributed by atoms with Gasteiger partial charge in [-0.15, -0.1) is 0 Å². The van der Waals surface area contributed by atoms with Gasteiger partial charge in [-0.1, -0.05) is 12.1 Å². The molecule has 158 valence electrons. The number of carbonyl (C=O) groups excluding carboxylic acids is 1. The normalized spacial score (nSPS) is 14.5. The highest BCUT2D eigenvalue weighted by molar-refractivity contribution is 7.81. The summed E-state index contributed by atoms with van der Waals surface area (Å²) >= 11 is -2.28. The molecule has 3 aromatic heterocycles. The summed E-state index contributed by atoms with van der Waals surface area (Å²) in [6, 6.07) is 8.97. The number of H-pyrrole nitrogens is 1. The lowest BCUT2D eigenvalue weighted by Crippen LogP contribution is -2.21. The zero-order valence-corrected chi connectivity index (χ0v) is 17.3. The van der Waals surface area contributed by atoms with Crippen molar-refractivity contribution in [2.45, 2.75) is 12.8 Å². The zero-order valence-electron chi connectivity index (χ0n) is 16.5. The molecule has 0 bridgehead atoms. The van der Waals surface area contributed by atoms with Crippen LogP contribution in [0.4, 0.5) is 17.5 Å². The fraction of sp³-hybridized carbons (Fsp3) is 0.200. The summed E-state index contributed by atoms with van der Waals surface area (Å²) in [6.45, 7) is 0. The van der Waals surface area contributed by atoms with Crippen molar-refractivity contribution < 1.29 is 13.6 Å². The summed E-state index contributed by atoms with van der Waals surface area (Å²) in [4.78, 5) is 28.2. The number of carbonyl (C=O) groups is 1. The standard InChI is InChI=1S/C20H19N7O3S/c1-26-11-21-10-16(26)27(31(29)30)14-6-4-12(5-7-14)17-15-8-9-22-18(15)24-20(23-17)25-19(28)13-2-3-13/h4-11,13H,2-3H2,1H3,(H,29,30)(H2,22,23,24,25,28). The van der Waals surface area contributed by atoms with E-state index in [0.717, 1.165) is 23.8 Å². The number of anilines is 3. The molecule has 1 saturated carbocycles. The van der Waals surface area contributed by atoms with Gasteiger partial charge in [0.1, 0.15) is 11.5 Å². The smallest absolute Gasteiger partial charge is 0.267 e. The van der Waals surface area contributed by atoms with E-state index in [-0.39, 0.29) is 17.8 Å². The van der Waals surface area contributed by atoms with Gasteiger partial charge in [0.05, 0.1) is 23.9 Å². The highest BCUT2D eigenvalue weighted by Crippen LogP contribution is 2.33. The van der Waals surface area contributed by atoms with Gasteiger partial charge in [0.15, 0.2) is 0 Å². The van der Waals surface area contributed by atoms with Crippen molar-refractivity contribution in [1.82, 2.24) is 24.5 Å². The van der Waals surface area contributed by atoms with Crippen LogP contribution in [0, 0.1) is 5.92 Å². The molecule has 3 heterocycles. The molecule has 0 aliphatic heterocycles. The van der Waals surface area contributed by atoms with Gasteiger partial charge in [-0.05, 0) is 31.0 Å². The van der Waals surface area contributed by atoms with E-state index in [4.69, 9.17) is 0 Å². The summed E-state index contributed by atoms with van der Waals surface area (Å²) < 4.78 is 24.7. The third-order valence-corrected chi connectivity index (χ3v) is 5.84. The van der Waals surface area contributed by atoms with Crippen LogP contribution in [0.2, 0.25) is 0 Å². The molecule has 4 aromatic rings. The number of imidazole rings is 1. The third-order valence-electron chi connectivity index (χ3n) is 5.13. The number of aromatic nitrogens is 5. The highest BCUT2D eigenvalue weighted by Gasteiger charge is 2.30. The van der Waals surface area contributed by atoms with E-state index < -0.39 is 11.3 Å². The molecule has 1 aliphatic carbocycles. The van der Waals surface area contributed by atoms with Crippen LogP contribution >= 0.6 is 0 Å². The minimum Gasteiger partial charge on any atom is -0.346 e. The maximum atomic E-state index is 12.2. The minimum absolute atomic E-state index is 0.0445. The number of aromatic amines is 1. The average molecular weight is 437 g/mol. The Bertz CT molecular complexity index is 1290. The lowest BCUT2D eigenvalue weighted by Gasteiger charge is -2.20. The van der Waals surface area contributed by atoms with E-state index in [0.29, 0.717) is 22.8 Å². The Hall–Kier alpha value is -3.57. The van der Waals surface area contributed by atoms with E-state index in [1.54, 1.807) is 36.3 Å². The molecular formula is C20H19N7O3S. The van der Waals surface area contributed by atoms with Gasteiger partial charge in [0, 0.05) is 30.1 Å². The lowest BCUT2D eigenvalue weighted by molar-refractivity contribution is -0.117. The Kier molecular flexibility index (Phi) is 4.75. The minimum atomic E-state index is -2.28. The fourth-order valence-electron chi connectivity index (χ4n) is 3.38. The van der Waals surface area contributed by atoms with Gasteiger partial charge in [0.25, 0.3) is 11.3 Å². The zero-order chi connectivity index (χ0) is 21.5. The predicted molar refractivity (Wildman–Crippen MR) is 117 cm³/mol. The Morgan fingerprint density at radius 3 is 2.68 bits per heavy atom. The highest BCUT2D eigenvalue weighted by atomic mass is 32.2. The van der Waals surface area contributed by atoms with Crippen LogP contribution < -0.4 is 9.62 Å². The number of aryl methyl sites for hydroxylation is 1. The van der Waals surface area contributed by atoms with E-state index in [9.17, 15) is 13.6 Å². The number of fused-ring (bicyclic) bond motifs is 1. The van der Waals surface area contributed by atoms with Crippen LogP contribution in [0.5, 0.6) is 0 Å². The number of rotatable bonds is 6. The second-order valence-corrected chi connectivity index (χ2v) is 8.16. The molecule has 1 fully saturated rings. The van der Waals surface area contributed by atoms with Crippen molar-refractivity contribution in [3.63, 3.8) is 0 Å². The van der Waals surface area contributed by atoms with Crippen molar-refractivity contribution in [2.75, 3.05) is 9.62 Å². The maximum Gasteiger partial charge on any atom is 0.267 e. The van der Waals surface area contributed by atoms with Crippen LogP contribution in [-0.4, -0.2) is 39.2 Å². The van der Waals surface area contributed by atoms with Gasteiger partial charge < -0.3 is 9.55 Å². The monoisotopic (exact) mass is 437 g/mol. The van der Waals surface area contributed by atoms with Crippen molar-refractivity contribution in [3.05, 3.63) is 49.1 Å². The SMILES string of the molecule is Cn1cncc1N(c1ccc(-c2nc(NC(=O)C3CC3)nc3[nH]ccc23)cc1)S(=O)O. The molecule has 5 rings (SSSR count). The molecule has 1 unspecified atom stereocenters. The molecule has 1 amide bonds. The van der Waals surface area contributed by atoms with Crippen molar-refractivity contribution in [2.24, 2.45) is 13.0 Å². The van der Waals surface area contributed by atoms with Crippen molar-refractivity contribution >= 4 is 45.7 Å². The van der Waals surface area contributed by atoms with Crippen molar-refractivity contribution in [3.8, 4) is 11.3 Å². The number of nitrogens with zero attached hydrogens (tertiary/aromatic N) is 5. The third kappa shape index (κ3) is 3.68. The Balaban J connectivity index is 1.51. The first-order valence-corrected chi connectivity index (χ1v) is 10.7. The molecule has 1 aromatic carbocycles. The average Bonchev–Trinajstić information content (AvgIpc) is 3.37. The van der Waals surface area contributed by atoms with Gasteiger partial charge >= 0.3 is 0 Å². The van der Waals surface area contributed by atoms with Gasteiger partial charge in [-0.2, -0.15) is 4.98 Å². The fourth-order valence-corrected chi connectivity index (χ4v) is 4.02. The van der Waals surface area contributed by atoms with Crippen LogP contribution in [0.3, 0.4) is 0 Å². The number of amides is 1. The van der Waals surface area contributed by atoms with E-state index in [2.05, 4.69) is 25.3 Å². The first kappa shape index (κ1) is 19.4. The van der Waals surface area contributed by atoms with E-state index in [1.165, 1.54) is 10.5 Å². The molecule has 11 heteroatoms. The number of hydrogen-bond donors (Lipinski definition) is 3. The Morgan fingerprint density at radius 2 is 2.03 bits per heavy atom. The quantitative estimate of drug-likeness (QED) is 0.398. The van der Waals surface area contributed by atoms with Crippen LogP contribution in [0.25, 0.3) is 22.3 Å². The van der Waals surface area contributed by atoms with E-state index in [1.807, 2.05) is 18.2 Å². The molecule has 1 aliphatic rings. The summed E-state index contributed by atoms with van der Waals surface area (Å²) in [5, 5.41) is 3.60. The summed E-state index contributed by atoms with van der Waals surface area (Å²) in [7, 11) is 1.75. The summed E-state index contributed by atoms with van der Waals surface area (Å²) in [5.74, 6) is 0.708. The molecule has 1 atom stereocenters. The Morgan fingerprint density at radius 1 is 1.26 bits per heavy atom. The Labute approximate surface area is 179 Å². The van der Waals surface area contributed by atoms with Crippen LogP contribution in [-0.2, 0) is 23.1 Å².